The topological polar surface area (TPSA) is 105 Å². The summed E-state index contributed by atoms with van der Waals surface area (Å²) in [6.07, 6.45) is -1.04. The van der Waals surface area contributed by atoms with Gasteiger partial charge in [-0.15, -0.1) is 0 Å². The van der Waals surface area contributed by atoms with Crippen LogP contribution in [0.4, 0.5) is 4.79 Å². The van der Waals surface area contributed by atoms with E-state index in [1.165, 1.54) is 0 Å². The first-order valence-corrected chi connectivity index (χ1v) is 7.68. The van der Waals surface area contributed by atoms with Gasteiger partial charge in [-0.1, -0.05) is 30.3 Å². The van der Waals surface area contributed by atoms with Crippen molar-refractivity contribution in [1.82, 2.24) is 10.2 Å². The van der Waals surface area contributed by atoms with Crippen molar-refractivity contribution in [3.63, 3.8) is 0 Å². The smallest absolute Gasteiger partial charge is 0.408 e. The van der Waals surface area contributed by atoms with E-state index < -0.39 is 24.2 Å². The molecule has 2 saturated heterocycles. The fourth-order valence-electron chi connectivity index (χ4n) is 2.77. The van der Waals surface area contributed by atoms with Crippen molar-refractivity contribution in [2.75, 3.05) is 6.54 Å². The second kappa shape index (κ2) is 6.88. The summed E-state index contributed by atoms with van der Waals surface area (Å²) in [6.45, 7) is 0.414. The van der Waals surface area contributed by atoms with Gasteiger partial charge in [0, 0.05) is 13.0 Å². The van der Waals surface area contributed by atoms with E-state index in [4.69, 9.17) is 9.47 Å². The molecule has 1 aromatic rings. The molecule has 2 aliphatic rings. The molecule has 0 bridgehead atoms. The summed E-state index contributed by atoms with van der Waals surface area (Å²) >= 11 is 0. The van der Waals surface area contributed by atoms with Crippen LogP contribution in [0.3, 0.4) is 0 Å². The molecule has 0 saturated carbocycles. The number of benzene rings is 1. The number of alkyl carbamates (subject to hydrolysis) is 1. The lowest BCUT2D eigenvalue weighted by Gasteiger charge is -2.31. The molecule has 0 spiro atoms. The predicted molar refractivity (Wildman–Crippen MR) is 80.8 cm³/mol. The van der Waals surface area contributed by atoms with Crippen molar-refractivity contribution in [3.8, 4) is 0 Å². The molecular formula is C16H18N2O6. The van der Waals surface area contributed by atoms with E-state index in [2.05, 4.69) is 5.32 Å². The number of hydrogen-bond acceptors (Lipinski definition) is 5. The van der Waals surface area contributed by atoms with Crippen molar-refractivity contribution < 1.29 is 29.0 Å². The van der Waals surface area contributed by atoms with Gasteiger partial charge in [0.2, 0.25) is 5.91 Å². The van der Waals surface area contributed by atoms with Gasteiger partial charge in [0.25, 0.3) is 0 Å². The van der Waals surface area contributed by atoms with Gasteiger partial charge in [0.15, 0.2) is 0 Å². The fraction of sp³-hybridized carbons (Fsp3) is 0.438. The van der Waals surface area contributed by atoms with Crippen LogP contribution in [0.15, 0.2) is 30.3 Å². The summed E-state index contributed by atoms with van der Waals surface area (Å²) < 4.78 is 10.6. The molecule has 2 amide bonds. The van der Waals surface area contributed by atoms with Crippen LogP contribution in [0.2, 0.25) is 0 Å². The quantitative estimate of drug-likeness (QED) is 0.743. The van der Waals surface area contributed by atoms with Crippen molar-refractivity contribution >= 4 is 18.0 Å². The van der Waals surface area contributed by atoms with Crippen LogP contribution in [0.1, 0.15) is 18.4 Å². The van der Waals surface area contributed by atoms with Gasteiger partial charge in [0.05, 0.1) is 12.5 Å². The molecule has 2 aliphatic heterocycles. The van der Waals surface area contributed by atoms with Gasteiger partial charge in [-0.3, -0.25) is 4.79 Å². The van der Waals surface area contributed by atoms with Crippen LogP contribution in [-0.4, -0.2) is 52.9 Å². The highest BCUT2D eigenvalue weighted by Gasteiger charge is 2.46. The zero-order chi connectivity index (χ0) is 17.1. The van der Waals surface area contributed by atoms with Gasteiger partial charge < -0.3 is 24.8 Å². The van der Waals surface area contributed by atoms with Crippen molar-refractivity contribution in [2.24, 2.45) is 0 Å². The third kappa shape index (κ3) is 3.65. The molecule has 3 rings (SSSR count). The lowest BCUT2D eigenvalue weighted by molar-refractivity contribution is -0.157. The minimum absolute atomic E-state index is 0.00426. The molecular weight excluding hydrogens is 316 g/mol. The maximum atomic E-state index is 11.8. The number of nitrogens with one attached hydrogen (secondary N) is 1. The number of rotatable bonds is 6. The summed E-state index contributed by atoms with van der Waals surface area (Å²) in [5.41, 5.74) is 0.807. The summed E-state index contributed by atoms with van der Waals surface area (Å²) in [4.78, 5) is 36.0. The van der Waals surface area contributed by atoms with Crippen LogP contribution in [0, 0.1) is 0 Å². The molecule has 2 N–H and O–H groups in total. The lowest BCUT2D eigenvalue weighted by atomic mass is 10.1. The second-order valence-electron chi connectivity index (χ2n) is 5.80. The average Bonchev–Trinajstić information content (AvgIpc) is 2.89. The monoisotopic (exact) mass is 334 g/mol. The molecule has 0 aliphatic carbocycles. The number of fused-ring (bicyclic) bond motifs is 1. The third-order valence-electron chi connectivity index (χ3n) is 4.07. The zero-order valence-electron chi connectivity index (χ0n) is 12.9. The largest absolute Gasteiger partial charge is 0.480 e. The number of ether oxygens (including phenoxy) is 2. The van der Waals surface area contributed by atoms with Crippen LogP contribution >= 0.6 is 0 Å². The van der Waals surface area contributed by atoms with Gasteiger partial charge in [-0.05, 0) is 5.56 Å². The van der Waals surface area contributed by atoms with Gasteiger partial charge in [-0.25, -0.2) is 9.59 Å². The zero-order valence-corrected chi connectivity index (χ0v) is 12.9. The molecule has 8 nitrogen and oxygen atoms in total. The molecule has 8 heteroatoms. The minimum atomic E-state index is -1.17. The Bertz CT molecular complexity index is 635. The van der Waals surface area contributed by atoms with Crippen molar-refractivity contribution in [2.45, 2.75) is 37.8 Å². The molecule has 2 fully saturated rings. The Morgan fingerprint density at radius 1 is 1.38 bits per heavy atom. The summed E-state index contributed by atoms with van der Waals surface area (Å²) in [5.74, 6) is -1.17. The maximum absolute atomic E-state index is 11.8. The maximum Gasteiger partial charge on any atom is 0.408 e. The Labute approximate surface area is 138 Å². The standard InChI is InChI=1S/C16H18N2O6/c19-13-7-14-18(13)8-11(24-14)6-12(15(20)21)17-16(22)23-9-10-4-2-1-3-5-10/h1-5,11-12,14H,6-9H2,(H,17,22)(H,20,21)/t11?,12-,14?/m1/s1. The highest BCUT2D eigenvalue weighted by Crippen LogP contribution is 2.30. The normalized spacial score (nSPS) is 23.2. The first-order chi connectivity index (χ1) is 11.5. The fourth-order valence-corrected chi connectivity index (χ4v) is 2.77. The highest BCUT2D eigenvalue weighted by molar-refractivity contribution is 5.83. The van der Waals surface area contributed by atoms with E-state index in [-0.39, 0.29) is 25.2 Å². The molecule has 128 valence electrons. The number of nitrogens with zero attached hydrogens (tertiary/aromatic N) is 1. The number of carbonyl (C=O) groups excluding carboxylic acids is 2. The van der Waals surface area contributed by atoms with E-state index in [9.17, 15) is 19.5 Å². The van der Waals surface area contributed by atoms with Crippen LogP contribution in [0.25, 0.3) is 0 Å². The molecule has 2 heterocycles. The number of β-lactam (4-membered cyclic amide) rings is 1. The van der Waals surface area contributed by atoms with Crippen molar-refractivity contribution in [3.05, 3.63) is 35.9 Å². The molecule has 0 aromatic heterocycles. The molecule has 24 heavy (non-hydrogen) atoms. The summed E-state index contributed by atoms with van der Waals surface area (Å²) in [7, 11) is 0. The number of carboxylic acids is 1. The number of aliphatic carboxylic acids is 1. The third-order valence-corrected chi connectivity index (χ3v) is 4.07. The summed E-state index contributed by atoms with van der Waals surface area (Å²) in [5, 5.41) is 11.6. The minimum Gasteiger partial charge on any atom is -0.480 e. The van der Waals surface area contributed by atoms with Gasteiger partial charge in [-0.2, -0.15) is 0 Å². The predicted octanol–water partition coefficient (Wildman–Crippen LogP) is 0.713. The Morgan fingerprint density at radius 2 is 2.12 bits per heavy atom. The van der Waals surface area contributed by atoms with Crippen LogP contribution < -0.4 is 5.32 Å². The first kappa shape index (κ1) is 16.3. The Kier molecular flexibility index (Phi) is 4.66. The summed E-state index contributed by atoms with van der Waals surface area (Å²) in [6, 6.07) is 7.95. The number of carboxylic acid groups (broad SMARTS) is 1. The number of amides is 2. The molecule has 2 unspecified atom stereocenters. The van der Waals surface area contributed by atoms with Crippen molar-refractivity contribution in [1.29, 1.82) is 0 Å². The Morgan fingerprint density at radius 3 is 2.75 bits per heavy atom. The van der Waals surface area contributed by atoms with E-state index in [1.807, 2.05) is 18.2 Å². The van der Waals surface area contributed by atoms with Crippen LogP contribution in [-0.2, 0) is 25.7 Å². The molecule has 0 radical (unpaired) electrons. The molecule has 1 aromatic carbocycles. The Balaban J connectivity index is 1.48. The average molecular weight is 334 g/mol. The SMILES string of the molecule is O=C(N[C@H](CC1CN2C(=O)CC2O1)C(=O)O)OCc1ccccc1. The van der Waals surface area contributed by atoms with Crippen LogP contribution in [0.5, 0.6) is 0 Å². The van der Waals surface area contributed by atoms with Gasteiger partial charge in [0.1, 0.15) is 18.9 Å². The van der Waals surface area contributed by atoms with E-state index in [0.717, 1.165) is 5.56 Å². The number of carbonyl (C=O) groups is 3. The first-order valence-electron chi connectivity index (χ1n) is 7.68. The second-order valence-corrected chi connectivity index (χ2v) is 5.80. The Hall–Kier alpha value is -2.61. The van der Waals surface area contributed by atoms with E-state index in [1.54, 1.807) is 17.0 Å². The van der Waals surface area contributed by atoms with E-state index >= 15 is 0 Å². The molecule has 3 atom stereocenters. The lowest BCUT2D eigenvalue weighted by Crippen LogP contribution is -2.48. The number of hydrogen-bond donors (Lipinski definition) is 2. The van der Waals surface area contributed by atoms with E-state index in [0.29, 0.717) is 13.0 Å². The van der Waals surface area contributed by atoms with Gasteiger partial charge >= 0.3 is 12.1 Å². The highest BCUT2D eigenvalue weighted by atomic mass is 16.5.